The van der Waals surface area contributed by atoms with Crippen LogP contribution in [0.5, 0.6) is 0 Å². The summed E-state index contributed by atoms with van der Waals surface area (Å²) in [6, 6.07) is 0.199. The summed E-state index contributed by atoms with van der Waals surface area (Å²) in [4.78, 5) is 3.96. The highest BCUT2D eigenvalue weighted by Crippen LogP contribution is 2.31. The zero-order valence-corrected chi connectivity index (χ0v) is 7.46. The Kier molecular flexibility index (Phi) is 3.06. The average Bonchev–Trinajstić information content (AvgIpc) is 2.36. The molecule has 0 aromatic rings. The maximum absolute atomic E-state index is 5.90. The molecule has 0 bridgehead atoms. The van der Waals surface area contributed by atoms with Gasteiger partial charge < -0.3 is 5.73 Å². The first-order chi connectivity index (χ1) is 5.24. The summed E-state index contributed by atoms with van der Waals surface area (Å²) in [6.07, 6.45) is 5.79. The maximum Gasteiger partial charge on any atom is 0.0423 e. The Labute approximate surface area is 68.9 Å². The number of hydrogen-bond acceptors (Lipinski definition) is 2. The van der Waals surface area contributed by atoms with Crippen molar-refractivity contribution in [3.63, 3.8) is 0 Å². The topological polar surface area (TPSA) is 38.4 Å². The Morgan fingerprint density at radius 3 is 2.73 bits per heavy atom. The molecule has 2 nitrogen and oxygen atoms in total. The minimum absolute atomic E-state index is 0.199. The molecule has 3 atom stereocenters. The summed E-state index contributed by atoms with van der Waals surface area (Å²) in [5.74, 6) is 1.56. The first-order valence-corrected chi connectivity index (χ1v) is 4.42. The zero-order valence-electron chi connectivity index (χ0n) is 7.46. The number of hydrogen-bond donors (Lipinski definition) is 1. The second kappa shape index (κ2) is 3.86. The highest BCUT2D eigenvalue weighted by molar-refractivity contribution is 5.64. The van der Waals surface area contributed by atoms with Crippen LogP contribution in [0.3, 0.4) is 0 Å². The van der Waals surface area contributed by atoms with Crippen molar-refractivity contribution in [1.82, 2.24) is 0 Å². The summed E-state index contributed by atoms with van der Waals surface area (Å²) in [7, 11) is 1.79. The van der Waals surface area contributed by atoms with Crippen LogP contribution in [0.2, 0.25) is 0 Å². The van der Waals surface area contributed by atoms with Crippen LogP contribution >= 0.6 is 0 Å². The lowest BCUT2D eigenvalue weighted by molar-refractivity contribution is 0.488. The first kappa shape index (κ1) is 8.72. The van der Waals surface area contributed by atoms with Gasteiger partial charge in [-0.25, -0.2) is 0 Å². The van der Waals surface area contributed by atoms with Gasteiger partial charge >= 0.3 is 0 Å². The summed E-state index contributed by atoms with van der Waals surface area (Å²) < 4.78 is 0. The third-order valence-corrected chi connectivity index (χ3v) is 2.60. The molecule has 0 saturated heterocycles. The van der Waals surface area contributed by atoms with Gasteiger partial charge in [0, 0.05) is 19.3 Å². The second-order valence-corrected chi connectivity index (χ2v) is 3.66. The van der Waals surface area contributed by atoms with Crippen molar-refractivity contribution in [3.05, 3.63) is 0 Å². The zero-order chi connectivity index (χ0) is 8.27. The SMILES string of the molecule is C/N=C\C(N)C1CCC(C)C1. The Morgan fingerprint density at radius 1 is 1.55 bits per heavy atom. The van der Waals surface area contributed by atoms with Crippen LogP contribution in [-0.4, -0.2) is 19.3 Å². The molecule has 1 fully saturated rings. The molecule has 0 aromatic heterocycles. The maximum atomic E-state index is 5.90. The molecule has 2 N–H and O–H groups in total. The van der Waals surface area contributed by atoms with Gasteiger partial charge in [0.25, 0.3) is 0 Å². The molecule has 64 valence electrons. The lowest BCUT2D eigenvalue weighted by atomic mass is 9.99. The van der Waals surface area contributed by atoms with Gasteiger partial charge in [0.1, 0.15) is 0 Å². The highest BCUT2D eigenvalue weighted by atomic mass is 14.7. The monoisotopic (exact) mass is 154 g/mol. The lowest BCUT2D eigenvalue weighted by Crippen LogP contribution is -2.29. The van der Waals surface area contributed by atoms with E-state index in [0.717, 1.165) is 5.92 Å². The normalized spacial score (nSPS) is 34.8. The van der Waals surface area contributed by atoms with Crippen LogP contribution in [0.25, 0.3) is 0 Å². The van der Waals surface area contributed by atoms with E-state index < -0.39 is 0 Å². The van der Waals surface area contributed by atoms with Crippen LogP contribution < -0.4 is 5.73 Å². The molecule has 2 heteroatoms. The standard InChI is InChI=1S/C9H18N2/c1-7-3-4-8(5-7)9(10)6-11-2/h6-9H,3-5,10H2,1-2H3/b11-6-. The fourth-order valence-electron chi connectivity index (χ4n) is 1.89. The molecule has 0 amide bonds. The fraction of sp³-hybridized carbons (Fsp3) is 0.889. The molecule has 1 rings (SSSR count). The molecular formula is C9H18N2. The van der Waals surface area contributed by atoms with Gasteiger partial charge in [-0.05, 0) is 24.7 Å². The Hall–Kier alpha value is -0.370. The van der Waals surface area contributed by atoms with Crippen molar-refractivity contribution in [2.75, 3.05) is 7.05 Å². The molecule has 1 aliphatic carbocycles. The number of nitrogens with zero attached hydrogens (tertiary/aromatic N) is 1. The molecule has 3 unspecified atom stereocenters. The van der Waals surface area contributed by atoms with Gasteiger partial charge in [-0.2, -0.15) is 0 Å². The van der Waals surface area contributed by atoms with Crippen LogP contribution in [-0.2, 0) is 0 Å². The fourth-order valence-corrected chi connectivity index (χ4v) is 1.89. The van der Waals surface area contributed by atoms with Crippen molar-refractivity contribution >= 4 is 6.21 Å². The third-order valence-electron chi connectivity index (χ3n) is 2.60. The van der Waals surface area contributed by atoms with E-state index in [0.29, 0.717) is 5.92 Å². The quantitative estimate of drug-likeness (QED) is 0.601. The number of nitrogens with two attached hydrogens (primary N) is 1. The molecule has 0 heterocycles. The van der Waals surface area contributed by atoms with Crippen LogP contribution in [0, 0.1) is 11.8 Å². The van der Waals surface area contributed by atoms with Crippen LogP contribution in [0.1, 0.15) is 26.2 Å². The van der Waals surface area contributed by atoms with E-state index in [1.807, 2.05) is 6.21 Å². The van der Waals surface area contributed by atoms with E-state index in [4.69, 9.17) is 5.73 Å². The minimum atomic E-state index is 0.199. The smallest absolute Gasteiger partial charge is 0.0423 e. The predicted octanol–water partition coefficient (Wildman–Crippen LogP) is 1.45. The Balaban J connectivity index is 2.36. The highest BCUT2D eigenvalue weighted by Gasteiger charge is 2.25. The molecule has 11 heavy (non-hydrogen) atoms. The molecule has 0 radical (unpaired) electrons. The van der Waals surface area contributed by atoms with Crippen LogP contribution in [0.4, 0.5) is 0 Å². The Morgan fingerprint density at radius 2 is 2.27 bits per heavy atom. The van der Waals surface area contributed by atoms with Gasteiger partial charge in [-0.3, -0.25) is 4.99 Å². The summed E-state index contributed by atoms with van der Waals surface area (Å²) in [5.41, 5.74) is 5.90. The molecular weight excluding hydrogens is 136 g/mol. The van der Waals surface area contributed by atoms with E-state index in [1.54, 1.807) is 7.05 Å². The van der Waals surface area contributed by atoms with E-state index in [2.05, 4.69) is 11.9 Å². The van der Waals surface area contributed by atoms with E-state index >= 15 is 0 Å². The molecule has 0 spiro atoms. The van der Waals surface area contributed by atoms with E-state index in [-0.39, 0.29) is 6.04 Å². The second-order valence-electron chi connectivity index (χ2n) is 3.66. The molecule has 1 saturated carbocycles. The van der Waals surface area contributed by atoms with Crippen molar-refractivity contribution in [3.8, 4) is 0 Å². The number of rotatable bonds is 2. The van der Waals surface area contributed by atoms with Crippen molar-refractivity contribution in [1.29, 1.82) is 0 Å². The molecule has 0 aromatic carbocycles. The van der Waals surface area contributed by atoms with Crippen molar-refractivity contribution < 1.29 is 0 Å². The summed E-state index contributed by atoms with van der Waals surface area (Å²) in [5, 5.41) is 0. The number of aliphatic imine (C=N–C) groups is 1. The predicted molar refractivity (Wildman–Crippen MR) is 48.9 cm³/mol. The van der Waals surface area contributed by atoms with Gasteiger partial charge in [-0.1, -0.05) is 13.3 Å². The van der Waals surface area contributed by atoms with Gasteiger partial charge in [0.05, 0.1) is 0 Å². The molecule has 1 aliphatic rings. The third kappa shape index (κ3) is 2.29. The van der Waals surface area contributed by atoms with E-state index in [1.165, 1.54) is 19.3 Å². The van der Waals surface area contributed by atoms with Gasteiger partial charge in [-0.15, -0.1) is 0 Å². The average molecular weight is 154 g/mol. The van der Waals surface area contributed by atoms with Crippen LogP contribution in [0.15, 0.2) is 4.99 Å². The van der Waals surface area contributed by atoms with Crippen molar-refractivity contribution in [2.45, 2.75) is 32.2 Å². The molecule has 0 aliphatic heterocycles. The van der Waals surface area contributed by atoms with Crippen molar-refractivity contribution in [2.24, 2.45) is 22.6 Å². The minimum Gasteiger partial charge on any atom is -0.323 e. The largest absolute Gasteiger partial charge is 0.323 e. The van der Waals surface area contributed by atoms with E-state index in [9.17, 15) is 0 Å². The summed E-state index contributed by atoms with van der Waals surface area (Å²) in [6.45, 7) is 2.30. The Bertz CT molecular complexity index is 142. The first-order valence-electron chi connectivity index (χ1n) is 4.42. The lowest BCUT2D eigenvalue weighted by Gasteiger charge is -2.13. The van der Waals surface area contributed by atoms with Gasteiger partial charge in [0.15, 0.2) is 0 Å². The van der Waals surface area contributed by atoms with Gasteiger partial charge in [0.2, 0.25) is 0 Å². The summed E-state index contributed by atoms with van der Waals surface area (Å²) >= 11 is 0.